The number of fused-ring (bicyclic) bond motifs is 1. The number of pyridine rings is 1. The Morgan fingerprint density at radius 1 is 0.556 bits per heavy atom. The highest BCUT2D eigenvalue weighted by Crippen LogP contribution is 2.61. The van der Waals surface area contributed by atoms with E-state index in [9.17, 15) is 0 Å². The Bertz CT molecular complexity index is 1460. The summed E-state index contributed by atoms with van der Waals surface area (Å²) in [5.74, 6) is 2.18. The van der Waals surface area contributed by atoms with Crippen LogP contribution < -0.4 is 0 Å². The van der Waals surface area contributed by atoms with Crippen molar-refractivity contribution < 1.29 is 0 Å². The van der Waals surface area contributed by atoms with Crippen molar-refractivity contribution in [1.82, 2.24) is 19.9 Å². The second-order valence-corrected chi connectivity index (χ2v) is 11.9. The molecule has 0 aliphatic heterocycles. The Hall–Kier alpha value is -3.40. The van der Waals surface area contributed by atoms with Crippen LogP contribution in [0.4, 0.5) is 0 Å². The van der Waals surface area contributed by atoms with E-state index < -0.39 is 0 Å². The Balaban J connectivity index is 1.48. The summed E-state index contributed by atoms with van der Waals surface area (Å²) in [4.78, 5) is 18.2. The summed E-state index contributed by atoms with van der Waals surface area (Å²) >= 11 is 0. The van der Waals surface area contributed by atoms with Crippen LogP contribution in [-0.4, -0.2) is 19.9 Å². The van der Waals surface area contributed by atoms with Gasteiger partial charge in [0.05, 0.1) is 5.69 Å². The molecule has 0 atom stereocenters. The first kappa shape index (κ1) is 24.3. The van der Waals surface area contributed by atoms with Gasteiger partial charge in [-0.2, -0.15) is 0 Å². The minimum absolute atomic E-state index is 0.0764. The molecule has 0 saturated heterocycles. The van der Waals surface area contributed by atoms with Crippen LogP contribution >= 0.6 is 0 Å². The third-order valence-corrected chi connectivity index (χ3v) is 9.18. The lowest BCUT2D eigenvalue weighted by Crippen LogP contribution is -2.42. The maximum absolute atomic E-state index is 4.94. The molecule has 2 aromatic carbocycles. The van der Waals surface area contributed by atoms with Gasteiger partial charge >= 0.3 is 0 Å². The molecule has 0 saturated carbocycles. The molecule has 0 fully saturated rings. The van der Waals surface area contributed by atoms with Crippen molar-refractivity contribution >= 4 is 0 Å². The van der Waals surface area contributed by atoms with Crippen LogP contribution in [-0.2, 0) is 10.8 Å². The predicted molar refractivity (Wildman–Crippen MR) is 148 cm³/mol. The van der Waals surface area contributed by atoms with E-state index in [1.165, 1.54) is 22.3 Å². The molecular weight excluding hydrogens is 440 g/mol. The molecule has 4 aromatic rings. The zero-order valence-corrected chi connectivity index (χ0v) is 23.0. The maximum atomic E-state index is 4.94. The van der Waals surface area contributed by atoms with Gasteiger partial charge in [0.2, 0.25) is 0 Å². The summed E-state index contributed by atoms with van der Waals surface area (Å²) in [5.41, 5.74) is 9.88. The first-order chi connectivity index (χ1) is 16.8. The third-order valence-electron chi connectivity index (χ3n) is 9.18. The summed E-state index contributed by atoms with van der Waals surface area (Å²) in [6.07, 6.45) is 1.99. The van der Waals surface area contributed by atoms with E-state index in [-0.39, 0.29) is 16.2 Å². The van der Waals surface area contributed by atoms with Gasteiger partial charge in [-0.15, -0.1) is 0 Å². The topological polar surface area (TPSA) is 51.6 Å². The molecule has 184 valence electrons. The third kappa shape index (κ3) is 3.57. The van der Waals surface area contributed by atoms with Crippen LogP contribution in [0.1, 0.15) is 69.9 Å². The molecule has 0 bridgehead atoms. The zero-order valence-electron chi connectivity index (χ0n) is 23.0. The minimum atomic E-state index is 0.0764. The summed E-state index contributed by atoms with van der Waals surface area (Å²) in [7, 11) is 0. The number of rotatable bonds is 3. The van der Waals surface area contributed by atoms with Crippen LogP contribution in [0, 0.1) is 26.2 Å². The van der Waals surface area contributed by atoms with Gasteiger partial charge in [-0.25, -0.2) is 15.0 Å². The molecule has 5 rings (SSSR count). The second kappa shape index (κ2) is 8.06. The van der Waals surface area contributed by atoms with Gasteiger partial charge in [-0.3, -0.25) is 4.98 Å². The van der Waals surface area contributed by atoms with Crippen LogP contribution in [0.3, 0.4) is 0 Å². The summed E-state index contributed by atoms with van der Waals surface area (Å²) in [5, 5.41) is 0. The van der Waals surface area contributed by atoms with E-state index in [0.717, 1.165) is 34.0 Å². The molecule has 2 aromatic heterocycles. The highest BCUT2D eigenvalue weighted by molar-refractivity contribution is 5.73. The lowest BCUT2D eigenvalue weighted by molar-refractivity contribution is 0.125. The second-order valence-electron chi connectivity index (χ2n) is 11.9. The highest BCUT2D eigenvalue weighted by atomic mass is 15.0. The van der Waals surface area contributed by atoms with Crippen molar-refractivity contribution in [3.8, 4) is 33.8 Å². The predicted octanol–water partition coefficient (Wildman–Crippen LogP) is 7.79. The minimum Gasteiger partial charge on any atom is -0.255 e. The molecule has 2 heterocycles. The number of hydrogen-bond donors (Lipinski definition) is 0. The number of hydrogen-bond acceptors (Lipinski definition) is 4. The van der Waals surface area contributed by atoms with Gasteiger partial charge < -0.3 is 0 Å². The van der Waals surface area contributed by atoms with E-state index in [1.54, 1.807) is 0 Å². The summed E-state index contributed by atoms with van der Waals surface area (Å²) in [6.45, 7) is 20.3. The van der Waals surface area contributed by atoms with E-state index in [0.29, 0.717) is 5.82 Å². The first-order valence-electron chi connectivity index (χ1n) is 12.7. The van der Waals surface area contributed by atoms with Gasteiger partial charge in [0.25, 0.3) is 0 Å². The molecule has 0 N–H and O–H groups in total. The van der Waals surface area contributed by atoms with Crippen molar-refractivity contribution in [2.75, 3.05) is 0 Å². The van der Waals surface area contributed by atoms with Gasteiger partial charge in [-0.1, -0.05) is 77.9 Å². The van der Waals surface area contributed by atoms with E-state index in [2.05, 4.69) is 112 Å². The fraction of sp³-hybridized carbons (Fsp3) is 0.375. The summed E-state index contributed by atoms with van der Waals surface area (Å²) < 4.78 is 0. The Morgan fingerprint density at radius 3 is 1.72 bits per heavy atom. The lowest BCUT2D eigenvalue weighted by atomic mass is 9.59. The van der Waals surface area contributed by atoms with Gasteiger partial charge in [0, 0.05) is 22.9 Å². The summed E-state index contributed by atoms with van der Waals surface area (Å²) in [6, 6.07) is 17.6. The monoisotopic (exact) mass is 476 g/mol. The van der Waals surface area contributed by atoms with Crippen LogP contribution in [0.2, 0.25) is 0 Å². The molecule has 4 heteroatoms. The molecule has 1 aliphatic rings. The molecular formula is C32H36N4. The standard InChI is InChI=1S/C32H36N4/c1-19-16-25(22-10-12-23(13-11-22)29-35-20(2)34-21(3)36-29)18-33-28(19)24-14-15-26-27(17-24)31(6,7)32(8,9)30(26,4)5/h10-18H,1-9H3. The van der Waals surface area contributed by atoms with E-state index in [4.69, 9.17) is 4.98 Å². The van der Waals surface area contributed by atoms with E-state index >= 15 is 0 Å². The van der Waals surface area contributed by atoms with Crippen molar-refractivity contribution in [3.63, 3.8) is 0 Å². The largest absolute Gasteiger partial charge is 0.255 e. The molecule has 1 aliphatic carbocycles. The number of aryl methyl sites for hydroxylation is 3. The molecule has 36 heavy (non-hydrogen) atoms. The first-order valence-corrected chi connectivity index (χ1v) is 12.7. The van der Waals surface area contributed by atoms with Crippen LogP contribution in [0.25, 0.3) is 33.8 Å². The Kier molecular flexibility index (Phi) is 5.44. The Labute approximate surface area is 215 Å². The molecule has 0 unspecified atom stereocenters. The van der Waals surface area contributed by atoms with Crippen LogP contribution in [0.5, 0.6) is 0 Å². The van der Waals surface area contributed by atoms with Crippen molar-refractivity contribution in [3.05, 3.63) is 83.1 Å². The maximum Gasteiger partial charge on any atom is 0.163 e. The number of nitrogens with zero attached hydrogens (tertiary/aromatic N) is 4. The van der Waals surface area contributed by atoms with Gasteiger partial charge in [-0.05, 0) is 71.4 Å². The Morgan fingerprint density at radius 2 is 1.11 bits per heavy atom. The molecule has 4 nitrogen and oxygen atoms in total. The van der Waals surface area contributed by atoms with Crippen molar-refractivity contribution in [2.45, 2.75) is 73.1 Å². The highest BCUT2D eigenvalue weighted by Gasteiger charge is 2.56. The fourth-order valence-electron chi connectivity index (χ4n) is 5.80. The molecule has 0 spiro atoms. The SMILES string of the molecule is Cc1nc(C)nc(-c2ccc(-c3cnc(-c4ccc5c(c4)C(C)(C)C(C)(C)C5(C)C)c(C)c3)cc2)n1. The molecule has 0 radical (unpaired) electrons. The van der Waals surface area contributed by atoms with Gasteiger partial charge in [0.15, 0.2) is 5.82 Å². The lowest BCUT2D eigenvalue weighted by Gasteiger charge is -2.44. The fourth-order valence-corrected chi connectivity index (χ4v) is 5.80. The van der Waals surface area contributed by atoms with Crippen molar-refractivity contribution in [1.29, 1.82) is 0 Å². The average molecular weight is 477 g/mol. The van der Waals surface area contributed by atoms with Crippen LogP contribution in [0.15, 0.2) is 54.7 Å². The normalized spacial score (nSPS) is 17.1. The van der Waals surface area contributed by atoms with E-state index in [1.807, 2.05) is 20.0 Å². The number of aromatic nitrogens is 4. The molecule has 0 amide bonds. The number of benzene rings is 2. The zero-order chi connectivity index (χ0) is 26.0. The van der Waals surface area contributed by atoms with Crippen molar-refractivity contribution in [2.24, 2.45) is 5.41 Å². The quantitative estimate of drug-likeness (QED) is 0.303. The average Bonchev–Trinajstić information content (AvgIpc) is 2.92. The smallest absolute Gasteiger partial charge is 0.163 e. The van der Waals surface area contributed by atoms with Gasteiger partial charge in [0.1, 0.15) is 11.6 Å².